The van der Waals surface area contributed by atoms with Gasteiger partial charge >= 0.3 is 0 Å². The number of sulfonamides is 1. The average Bonchev–Trinajstić information content (AvgIpc) is 2.68. The van der Waals surface area contributed by atoms with Gasteiger partial charge in [0.05, 0.1) is 16.1 Å². The Bertz CT molecular complexity index is 886. The number of carbonyl (C=O) groups excluding carboxylic acids is 1. The minimum absolute atomic E-state index is 0.0709. The molecule has 1 amide bonds. The molecule has 0 heterocycles. The van der Waals surface area contributed by atoms with Crippen LogP contribution in [0.25, 0.3) is 0 Å². The highest BCUT2D eigenvalue weighted by Gasteiger charge is 2.27. The monoisotopic (exact) mass is 393 g/mol. The summed E-state index contributed by atoms with van der Waals surface area (Å²) in [6, 6.07) is 10.9. The third-order valence-electron chi connectivity index (χ3n) is 4.67. The van der Waals surface area contributed by atoms with Crippen molar-refractivity contribution < 1.29 is 17.6 Å². The van der Waals surface area contributed by atoms with Crippen molar-refractivity contribution in [1.29, 1.82) is 0 Å². The molecule has 0 aliphatic rings. The van der Waals surface area contributed by atoms with Crippen LogP contribution in [0, 0.1) is 5.82 Å². The quantitative estimate of drug-likeness (QED) is 0.642. The Morgan fingerprint density at radius 3 is 2.19 bits per heavy atom. The molecular weight excluding hydrogens is 369 g/mol. The van der Waals surface area contributed by atoms with Crippen LogP contribution in [-0.4, -0.2) is 26.4 Å². The highest BCUT2D eigenvalue weighted by atomic mass is 32.2. The second kappa shape index (κ2) is 8.49. The van der Waals surface area contributed by atoms with Gasteiger partial charge in [0.15, 0.2) is 0 Å². The first-order valence-corrected chi connectivity index (χ1v) is 10.1. The molecule has 8 heteroatoms. The summed E-state index contributed by atoms with van der Waals surface area (Å²) in [5, 5.41) is 2.92. The van der Waals surface area contributed by atoms with Crippen LogP contribution in [0.1, 0.15) is 37.0 Å². The number of rotatable bonds is 8. The number of benzene rings is 2. The van der Waals surface area contributed by atoms with Crippen molar-refractivity contribution in [3.63, 3.8) is 0 Å². The van der Waals surface area contributed by atoms with Crippen molar-refractivity contribution >= 4 is 21.6 Å². The zero-order valence-corrected chi connectivity index (χ0v) is 16.1. The van der Waals surface area contributed by atoms with Gasteiger partial charge in [0.1, 0.15) is 5.82 Å². The third kappa shape index (κ3) is 4.84. The Morgan fingerprint density at radius 1 is 1.07 bits per heavy atom. The first-order chi connectivity index (χ1) is 12.8. The standard InChI is InChI=1S/C19H24FN3O3S/c1-3-19(4-2,13-21)22-18(24)14-9-11-15(12-10-14)27(25,26)23-17-8-6-5-7-16(17)20/h5-12,23H,3-4,13,21H2,1-2H3,(H,22,24). The molecule has 146 valence electrons. The Labute approximate surface area is 159 Å². The summed E-state index contributed by atoms with van der Waals surface area (Å²) in [4.78, 5) is 12.4. The van der Waals surface area contributed by atoms with Gasteiger partial charge in [-0.15, -0.1) is 0 Å². The van der Waals surface area contributed by atoms with E-state index >= 15 is 0 Å². The van der Waals surface area contributed by atoms with Crippen LogP contribution >= 0.6 is 0 Å². The van der Waals surface area contributed by atoms with Gasteiger partial charge in [0.25, 0.3) is 15.9 Å². The normalized spacial score (nSPS) is 11.9. The Hall–Kier alpha value is -2.45. The Morgan fingerprint density at radius 2 is 1.67 bits per heavy atom. The molecule has 2 rings (SSSR count). The van der Waals surface area contributed by atoms with E-state index in [1.165, 1.54) is 42.5 Å². The number of carbonyl (C=O) groups is 1. The first-order valence-electron chi connectivity index (χ1n) is 8.67. The van der Waals surface area contributed by atoms with Crippen LogP contribution < -0.4 is 15.8 Å². The lowest BCUT2D eigenvalue weighted by Crippen LogP contribution is -2.52. The molecule has 0 aliphatic heterocycles. The molecule has 0 spiro atoms. The maximum Gasteiger partial charge on any atom is 0.261 e. The highest BCUT2D eigenvalue weighted by molar-refractivity contribution is 7.92. The molecule has 0 fully saturated rings. The van der Waals surface area contributed by atoms with Crippen molar-refractivity contribution in [2.24, 2.45) is 5.73 Å². The van der Waals surface area contributed by atoms with Crippen LogP contribution in [0.4, 0.5) is 10.1 Å². The minimum atomic E-state index is -3.97. The zero-order valence-electron chi connectivity index (χ0n) is 15.3. The molecule has 0 saturated heterocycles. The second-order valence-electron chi connectivity index (χ2n) is 6.26. The van der Waals surface area contributed by atoms with Gasteiger partial charge in [-0.25, -0.2) is 12.8 Å². The van der Waals surface area contributed by atoms with Crippen LogP contribution in [0.5, 0.6) is 0 Å². The largest absolute Gasteiger partial charge is 0.345 e. The first kappa shape index (κ1) is 20.9. The predicted octanol–water partition coefficient (Wildman–Crippen LogP) is 2.87. The van der Waals surface area contributed by atoms with Gasteiger partial charge in [0.2, 0.25) is 0 Å². The fourth-order valence-corrected chi connectivity index (χ4v) is 3.68. The van der Waals surface area contributed by atoms with E-state index in [4.69, 9.17) is 5.73 Å². The van der Waals surface area contributed by atoms with Gasteiger partial charge in [-0.2, -0.15) is 0 Å². The molecule has 4 N–H and O–H groups in total. The van der Waals surface area contributed by atoms with Crippen molar-refractivity contribution in [2.75, 3.05) is 11.3 Å². The Balaban J connectivity index is 2.19. The van der Waals surface area contributed by atoms with Crippen LogP contribution in [0.15, 0.2) is 53.4 Å². The zero-order chi connectivity index (χ0) is 20.1. The summed E-state index contributed by atoms with van der Waals surface area (Å²) >= 11 is 0. The number of amides is 1. The number of hydrogen-bond acceptors (Lipinski definition) is 4. The molecule has 0 atom stereocenters. The van der Waals surface area contributed by atoms with Gasteiger partial charge < -0.3 is 11.1 Å². The average molecular weight is 393 g/mol. The van der Waals surface area contributed by atoms with Crippen molar-refractivity contribution in [3.8, 4) is 0 Å². The van der Waals surface area contributed by atoms with E-state index in [1.54, 1.807) is 0 Å². The van der Waals surface area contributed by atoms with E-state index in [-0.39, 0.29) is 16.5 Å². The van der Waals surface area contributed by atoms with Gasteiger partial charge in [0, 0.05) is 12.1 Å². The topological polar surface area (TPSA) is 101 Å². The minimum Gasteiger partial charge on any atom is -0.345 e. The molecule has 0 aliphatic carbocycles. The highest BCUT2D eigenvalue weighted by Crippen LogP contribution is 2.20. The number of hydrogen-bond donors (Lipinski definition) is 3. The van der Waals surface area contributed by atoms with Crippen LogP contribution in [-0.2, 0) is 10.0 Å². The Kier molecular flexibility index (Phi) is 6.56. The van der Waals surface area contributed by atoms with E-state index in [0.717, 1.165) is 6.07 Å². The molecule has 0 bridgehead atoms. The lowest BCUT2D eigenvalue weighted by atomic mass is 9.92. The molecule has 2 aromatic rings. The molecule has 0 saturated carbocycles. The number of para-hydroxylation sites is 1. The van der Waals surface area contributed by atoms with E-state index in [2.05, 4.69) is 10.0 Å². The molecule has 0 aromatic heterocycles. The summed E-state index contributed by atoms with van der Waals surface area (Å²) in [5.74, 6) is -0.996. The van der Waals surface area contributed by atoms with E-state index in [9.17, 15) is 17.6 Å². The maximum atomic E-state index is 13.7. The van der Waals surface area contributed by atoms with Crippen molar-refractivity contribution in [3.05, 3.63) is 59.9 Å². The maximum absolute atomic E-state index is 13.7. The summed E-state index contributed by atoms with van der Waals surface area (Å²) in [7, 11) is -3.97. The molecule has 0 radical (unpaired) electrons. The second-order valence-corrected chi connectivity index (χ2v) is 7.94. The fourth-order valence-electron chi connectivity index (χ4n) is 2.61. The fraction of sp³-hybridized carbons (Fsp3) is 0.316. The third-order valence-corrected chi connectivity index (χ3v) is 6.05. The van der Waals surface area contributed by atoms with Gasteiger partial charge in [-0.3, -0.25) is 9.52 Å². The molecule has 27 heavy (non-hydrogen) atoms. The summed E-state index contributed by atoms with van der Waals surface area (Å²) < 4.78 is 40.7. The van der Waals surface area contributed by atoms with Crippen molar-refractivity contribution in [1.82, 2.24) is 5.32 Å². The van der Waals surface area contributed by atoms with E-state index in [0.29, 0.717) is 24.9 Å². The van der Waals surface area contributed by atoms with Gasteiger partial charge in [-0.05, 0) is 49.2 Å². The SMILES string of the molecule is CCC(CC)(CN)NC(=O)c1ccc(S(=O)(=O)Nc2ccccc2F)cc1. The summed E-state index contributed by atoms with van der Waals surface area (Å²) in [6.07, 6.45) is 1.37. The van der Waals surface area contributed by atoms with Crippen LogP contribution in [0.2, 0.25) is 0 Å². The lowest BCUT2D eigenvalue weighted by Gasteiger charge is -2.31. The number of halogens is 1. The number of nitrogens with two attached hydrogens (primary N) is 1. The summed E-state index contributed by atoms with van der Waals surface area (Å²) in [5.41, 5.74) is 5.48. The van der Waals surface area contributed by atoms with Crippen molar-refractivity contribution in [2.45, 2.75) is 37.1 Å². The molecule has 0 unspecified atom stereocenters. The van der Waals surface area contributed by atoms with E-state index < -0.39 is 21.4 Å². The molecular formula is C19H24FN3O3S. The molecule has 2 aromatic carbocycles. The summed E-state index contributed by atoms with van der Waals surface area (Å²) in [6.45, 7) is 4.20. The number of nitrogens with one attached hydrogen (secondary N) is 2. The number of anilines is 1. The predicted molar refractivity (Wildman–Crippen MR) is 103 cm³/mol. The molecule has 6 nitrogen and oxygen atoms in total. The van der Waals surface area contributed by atoms with E-state index in [1.807, 2.05) is 13.8 Å². The lowest BCUT2D eigenvalue weighted by molar-refractivity contribution is 0.0895. The van der Waals surface area contributed by atoms with Gasteiger partial charge in [-0.1, -0.05) is 26.0 Å². The smallest absolute Gasteiger partial charge is 0.261 e. The van der Waals surface area contributed by atoms with Crippen LogP contribution in [0.3, 0.4) is 0 Å².